The molecule has 1 saturated heterocycles. The summed E-state index contributed by atoms with van der Waals surface area (Å²) in [6.45, 7) is 3.66. The van der Waals surface area contributed by atoms with Crippen LogP contribution in [0.25, 0.3) is 0 Å². The van der Waals surface area contributed by atoms with Gasteiger partial charge in [-0.15, -0.1) is 0 Å². The molecular weight excluding hydrogens is 437 g/mol. The van der Waals surface area contributed by atoms with Crippen molar-refractivity contribution >= 4 is 17.3 Å². The van der Waals surface area contributed by atoms with Gasteiger partial charge in [0.05, 0.1) is 29.1 Å². The van der Waals surface area contributed by atoms with Crippen molar-refractivity contribution in [1.82, 2.24) is 9.88 Å². The second-order valence-corrected chi connectivity index (χ2v) is 7.88. The molecule has 0 saturated carbocycles. The lowest BCUT2D eigenvalue weighted by Crippen LogP contribution is -2.54. The molecule has 1 fully saturated rings. The van der Waals surface area contributed by atoms with Crippen LogP contribution < -0.4 is 10.2 Å². The molecule has 1 unspecified atom stereocenters. The van der Waals surface area contributed by atoms with Crippen molar-refractivity contribution < 1.29 is 23.1 Å². The number of rotatable bonds is 5. The zero-order chi connectivity index (χ0) is 24.2. The molecule has 8 nitrogen and oxygen atoms in total. The van der Waals surface area contributed by atoms with Crippen LogP contribution in [0.4, 0.5) is 24.5 Å². The molecule has 0 radical (unpaired) electrons. The number of carbonyl (C=O) groups is 1. The summed E-state index contributed by atoms with van der Waals surface area (Å²) in [7, 11) is 0. The minimum atomic E-state index is -4.81. The number of nitrogens with zero attached hydrogens (tertiary/aromatic N) is 5. The van der Waals surface area contributed by atoms with E-state index in [9.17, 15) is 23.1 Å². The van der Waals surface area contributed by atoms with Crippen molar-refractivity contribution in [3.8, 4) is 12.1 Å². The molecule has 33 heavy (non-hydrogen) atoms. The predicted molar refractivity (Wildman–Crippen MR) is 113 cm³/mol. The van der Waals surface area contributed by atoms with Crippen molar-refractivity contribution in [3.05, 3.63) is 53.3 Å². The summed E-state index contributed by atoms with van der Waals surface area (Å²) in [6, 6.07) is 11.2. The second-order valence-electron chi connectivity index (χ2n) is 7.88. The Kier molecular flexibility index (Phi) is 6.86. The molecule has 0 spiro atoms. The number of carbonyl (C=O) groups excluding carboxylic acids is 1. The summed E-state index contributed by atoms with van der Waals surface area (Å²) in [4.78, 5) is 20.0. The van der Waals surface area contributed by atoms with E-state index in [1.54, 1.807) is 12.1 Å². The number of hydrogen-bond donors (Lipinski definition) is 2. The van der Waals surface area contributed by atoms with Crippen molar-refractivity contribution in [2.24, 2.45) is 0 Å². The van der Waals surface area contributed by atoms with Gasteiger partial charge in [-0.25, -0.2) is 4.98 Å². The molecule has 0 aliphatic carbocycles. The Morgan fingerprint density at radius 2 is 1.79 bits per heavy atom. The van der Waals surface area contributed by atoms with Gasteiger partial charge in [0, 0.05) is 38.4 Å². The largest absolute Gasteiger partial charge is 0.419 e. The van der Waals surface area contributed by atoms with Gasteiger partial charge in [0.25, 0.3) is 5.91 Å². The first kappa shape index (κ1) is 24.0. The lowest BCUT2D eigenvalue weighted by molar-refractivity contribution is -0.138. The van der Waals surface area contributed by atoms with E-state index in [1.807, 2.05) is 17.0 Å². The van der Waals surface area contributed by atoms with E-state index in [2.05, 4.69) is 21.3 Å². The maximum absolute atomic E-state index is 13.1. The van der Waals surface area contributed by atoms with E-state index in [0.717, 1.165) is 11.9 Å². The van der Waals surface area contributed by atoms with Crippen molar-refractivity contribution in [3.63, 3.8) is 0 Å². The normalized spacial score (nSPS) is 16.4. The van der Waals surface area contributed by atoms with Gasteiger partial charge in [-0.2, -0.15) is 23.7 Å². The minimum Gasteiger partial charge on any atom is -0.379 e. The van der Waals surface area contributed by atoms with Gasteiger partial charge in [0.2, 0.25) is 0 Å². The molecule has 1 aromatic carbocycles. The molecule has 1 aliphatic heterocycles. The van der Waals surface area contributed by atoms with Crippen LogP contribution in [-0.4, -0.2) is 59.2 Å². The fraction of sp³-hybridized carbons (Fsp3) is 0.364. The topological polar surface area (TPSA) is 116 Å². The number of alkyl halides is 3. The maximum Gasteiger partial charge on any atom is 0.419 e. The maximum atomic E-state index is 13.1. The number of amides is 1. The number of anilines is 2. The van der Waals surface area contributed by atoms with Crippen LogP contribution in [0.3, 0.4) is 0 Å². The molecule has 2 aromatic rings. The zero-order valence-corrected chi connectivity index (χ0v) is 17.7. The van der Waals surface area contributed by atoms with E-state index in [1.165, 1.54) is 13.0 Å². The average molecular weight is 458 g/mol. The molecule has 1 atom stereocenters. The van der Waals surface area contributed by atoms with Gasteiger partial charge in [0.15, 0.2) is 11.3 Å². The number of hydrogen-bond acceptors (Lipinski definition) is 7. The van der Waals surface area contributed by atoms with Crippen LogP contribution in [0.15, 0.2) is 36.5 Å². The highest BCUT2D eigenvalue weighted by atomic mass is 19.4. The SMILES string of the molecule is CC(O)(CN1CCN(c2ccc(C#N)cc2)CC1)C(=O)Nc1cnc(C#N)c(C(F)(F)F)c1. The first-order valence-electron chi connectivity index (χ1n) is 10.0. The highest BCUT2D eigenvalue weighted by Gasteiger charge is 2.37. The number of halogens is 3. The number of nitrogens with one attached hydrogen (secondary N) is 1. The molecule has 1 aromatic heterocycles. The Morgan fingerprint density at radius 1 is 1.15 bits per heavy atom. The van der Waals surface area contributed by atoms with Crippen molar-refractivity contribution in [2.45, 2.75) is 18.7 Å². The standard InChI is InChI=1S/C22H21F3N6O2/c1-21(33,20(32)29-16-10-18(22(23,24)25)19(12-27)28-13-16)14-30-6-8-31(9-7-30)17-4-2-15(11-26)3-5-17/h2-5,10,13,33H,6-9,14H2,1H3,(H,29,32). The molecule has 0 bridgehead atoms. The number of nitriles is 2. The van der Waals surface area contributed by atoms with Crippen LogP contribution in [0.1, 0.15) is 23.7 Å². The van der Waals surface area contributed by atoms with Crippen LogP contribution in [0.5, 0.6) is 0 Å². The number of β-amino-alcohol motifs (C(OH)–C–C–N with tert-alkyl or cyclic N) is 1. The first-order chi connectivity index (χ1) is 15.5. The zero-order valence-electron chi connectivity index (χ0n) is 17.7. The molecule has 2 N–H and O–H groups in total. The fourth-order valence-electron chi connectivity index (χ4n) is 3.52. The number of pyridine rings is 1. The van der Waals surface area contributed by atoms with E-state index in [4.69, 9.17) is 10.5 Å². The number of aromatic nitrogens is 1. The van der Waals surface area contributed by atoms with Gasteiger partial charge in [0.1, 0.15) is 6.07 Å². The monoisotopic (exact) mass is 458 g/mol. The molecule has 11 heteroatoms. The fourth-order valence-corrected chi connectivity index (χ4v) is 3.52. The highest BCUT2D eigenvalue weighted by Crippen LogP contribution is 2.32. The summed E-state index contributed by atoms with van der Waals surface area (Å²) in [5.41, 5.74) is -2.67. The molecule has 1 aliphatic rings. The Hall–Kier alpha value is -3.67. The van der Waals surface area contributed by atoms with Gasteiger partial charge < -0.3 is 15.3 Å². The molecular formula is C22H21F3N6O2. The van der Waals surface area contributed by atoms with E-state index < -0.39 is 28.9 Å². The number of aliphatic hydroxyl groups is 1. The van der Waals surface area contributed by atoms with Crippen LogP contribution in [0, 0.1) is 22.7 Å². The van der Waals surface area contributed by atoms with Crippen LogP contribution in [0.2, 0.25) is 0 Å². The molecule has 1 amide bonds. The quantitative estimate of drug-likeness (QED) is 0.707. The Labute approximate surface area is 188 Å². The summed E-state index contributed by atoms with van der Waals surface area (Å²) >= 11 is 0. The van der Waals surface area contributed by atoms with E-state index in [-0.39, 0.29) is 12.2 Å². The second kappa shape index (κ2) is 9.45. The minimum absolute atomic E-state index is 0.0180. The van der Waals surface area contributed by atoms with Crippen LogP contribution >= 0.6 is 0 Å². The van der Waals surface area contributed by atoms with E-state index >= 15 is 0 Å². The molecule has 2 heterocycles. The van der Waals surface area contributed by atoms with Gasteiger partial charge in [-0.05, 0) is 37.3 Å². The predicted octanol–water partition coefficient (Wildman–Crippen LogP) is 2.36. The number of piperazine rings is 1. The highest BCUT2D eigenvalue weighted by molar-refractivity contribution is 5.97. The third kappa shape index (κ3) is 5.77. The lowest BCUT2D eigenvalue weighted by atomic mass is 10.0. The van der Waals surface area contributed by atoms with E-state index in [0.29, 0.717) is 37.8 Å². The summed E-state index contributed by atoms with van der Waals surface area (Å²) in [5.74, 6) is -0.878. The van der Waals surface area contributed by atoms with Gasteiger partial charge in [-0.3, -0.25) is 9.69 Å². The Balaban J connectivity index is 1.60. The summed E-state index contributed by atoms with van der Waals surface area (Å²) < 4.78 is 39.3. The molecule has 3 rings (SSSR count). The first-order valence-corrected chi connectivity index (χ1v) is 10.0. The Morgan fingerprint density at radius 3 is 2.33 bits per heavy atom. The number of benzene rings is 1. The van der Waals surface area contributed by atoms with Crippen molar-refractivity contribution in [1.29, 1.82) is 10.5 Å². The lowest BCUT2D eigenvalue weighted by Gasteiger charge is -2.38. The van der Waals surface area contributed by atoms with Gasteiger partial charge in [-0.1, -0.05) is 0 Å². The summed E-state index contributed by atoms with van der Waals surface area (Å²) in [6.07, 6.45) is -3.87. The van der Waals surface area contributed by atoms with Gasteiger partial charge >= 0.3 is 6.18 Å². The Bertz CT molecular complexity index is 1100. The third-order valence-electron chi connectivity index (χ3n) is 5.31. The molecule has 172 valence electrons. The van der Waals surface area contributed by atoms with Crippen LogP contribution in [-0.2, 0) is 11.0 Å². The van der Waals surface area contributed by atoms with Crippen molar-refractivity contribution in [2.75, 3.05) is 42.9 Å². The third-order valence-corrected chi connectivity index (χ3v) is 5.31. The average Bonchev–Trinajstić information content (AvgIpc) is 2.79. The smallest absolute Gasteiger partial charge is 0.379 e. The summed E-state index contributed by atoms with van der Waals surface area (Å²) in [5, 5.41) is 30.6.